The summed E-state index contributed by atoms with van der Waals surface area (Å²) in [5.41, 5.74) is 2.17. The van der Waals surface area contributed by atoms with E-state index in [2.05, 4.69) is 37.5 Å². The summed E-state index contributed by atoms with van der Waals surface area (Å²) in [5, 5.41) is 18.5. The summed E-state index contributed by atoms with van der Waals surface area (Å²) in [6, 6.07) is 14.7. The third kappa shape index (κ3) is 12.6. The van der Waals surface area contributed by atoms with Crippen LogP contribution in [-0.2, 0) is 10.4 Å². The maximum absolute atomic E-state index is 9.23. The second-order valence-electron chi connectivity index (χ2n) is 5.83. The molecule has 2 aromatic rings. The molecule has 0 atom stereocenters. The van der Waals surface area contributed by atoms with Crippen LogP contribution in [0.5, 0.6) is 11.5 Å². The van der Waals surface area contributed by atoms with Gasteiger partial charge in [0.15, 0.2) is 0 Å². The standard InChI is InChI=1S/2C10H15NO.H2O4S/c2*1-3-11(4-2)9-6-5-7-10(12)8-9;1-5(2,3)4/h2*5-8,12H,3-4H2,1-2H3;(H2,1,2,3,4). The topological polar surface area (TPSA) is 122 Å². The highest BCUT2D eigenvalue weighted by Gasteiger charge is 2.01. The van der Waals surface area contributed by atoms with E-state index in [-0.39, 0.29) is 0 Å². The molecule has 4 N–H and O–H groups in total. The molecule has 0 aliphatic carbocycles. The van der Waals surface area contributed by atoms with E-state index in [0.29, 0.717) is 11.5 Å². The second kappa shape index (κ2) is 13.6. The Labute approximate surface area is 173 Å². The Morgan fingerprint density at radius 3 is 1.17 bits per heavy atom. The largest absolute Gasteiger partial charge is 0.508 e. The van der Waals surface area contributed by atoms with Gasteiger partial charge < -0.3 is 20.0 Å². The van der Waals surface area contributed by atoms with Gasteiger partial charge >= 0.3 is 10.4 Å². The quantitative estimate of drug-likeness (QED) is 0.512. The van der Waals surface area contributed by atoms with E-state index in [9.17, 15) is 10.2 Å². The molecule has 0 fully saturated rings. The van der Waals surface area contributed by atoms with Crippen molar-refractivity contribution in [2.75, 3.05) is 36.0 Å². The van der Waals surface area contributed by atoms with Crippen molar-refractivity contribution in [2.45, 2.75) is 27.7 Å². The van der Waals surface area contributed by atoms with Crippen molar-refractivity contribution in [1.29, 1.82) is 0 Å². The van der Waals surface area contributed by atoms with Gasteiger partial charge in [0.1, 0.15) is 11.5 Å². The minimum atomic E-state index is -4.67. The molecule has 0 aromatic heterocycles. The molecule has 0 bridgehead atoms. The molecule has 0 aliphatic heterocycles. The van der Waals surface area contributed by atoms with E-state index >= 15 is 0 Å². The first-order valence-corrected chi connectivity index (χ1v) is 10.7. The number of anilines is 2. The van der Waals surface area contributed by atoms with Crippen LogP contribution >= 0.6 is 0 Å². The van der Waals surface area contributed by atoms with Crippen molar-refractivity contribution in [3.63, 3.8) is 0 Å². The molecular weight excluding hydrogens is 396 g/mol. The Balaban J connectivity index is 0.000000442. The van der Waals surface area contributed by atoms with Crippen LogP contribution in [0.3, 0.4) is 0 Å². The Morgan fingerprint density at radius 2 is 0.966 bits per heavy atom. The first kappa shape index (κ1) is 26.5. The van der Waals surface area contributed by atoms with Crippen LogP contribution in [-0.4, -0.2) is 53.9 Å². The molecule has 0 amide bonds. The monoisotopic (exact) mass is 428 g/mol. The second-order valence-corrected chi connectivity index (χ2v) is 6.73. The van der Waals surface area contributed by atoms with Crippen LogP contribution in [0.25, 0.3) is 0 Å². The van der Waals surface area contributed by atoms with Gasteiger partial charge in [-0.05, 0) is 52.0 Å². The van der Waals surface area contributed by atoms with Crippen molar-refractivity contribution in [3.8, 4) is 11.5 Å². The molecule has 164 valence electrons. The van der Waals surface area contributed by atoms with Crippen molar-refractivity contribution < 1.29 is 27.7 Å². The molecule has 9 heteroatoms. The van der Waals surface area contributed by atoms with Crippen LogP contribution in [0.15, 0.2) is 48.5 Å². The van der Waals surface area contributed by atoms with Crippen molar-refractivity contribution in [2.24, 2.45) is 0 Å². The van der Waals surface area contributed by atoms with Crippen LogP contribution < -0.4 is 9.80 Å². The van der Waals surface area contributed by atoms with Crippen LogP contribution in [0.1, 0.15) is 27.7 Å². The summed E-state index contributed by atoms with van der Waals surface area (Å²) in [6.45, 7) is 12.3. The lowest BCUT2D eigenvalue weighted by molar-refractivity contribution is 0.381. The van der Waals surface area contributed by atoms with Gasteiger partial charge in [-0.3, -0.25) is 9.11 Å². The van der Waals surface area contributed by atoms with E-state index in [4.69, 9.17) is 17.5 Å². The van der Waals surface area contributed by atoms with E-state index in [1.807, 2.05) is 24.3 Å². The Kier molecular flexibility index (Phi) is 12.5. The number of rotatable bonds is 6. The van der Waals surface area contributed by atoms with Crippen LogP contribution in [0, 0.1) is 0 Å². The van der Waals surface area contributed by atoms with Crippen LogP contribution in [0.4, 0.5) is 11.4 Å². The maximum atomic E-state index is 9.23. The molecule has 2 aromatic carbocycles. The van der Waals surface area contributed by atoms with E-state index in [1.165, 1.54) is 0 Å². The number of nitrogens with zero attached hydrogens (tertiary/aromatic N) is 2. The number of hydrogen-bond acceptors (Lipinski definition) is 6. The fraction of sp³-hybridized carbons (Fsp3) is 0.400. The molecule has 0 spiro atoms. The average Bonchev–Trinajstić information content (AvgIpc) is 2.63. The van der Waals surface area contributed by atoms with Gasteiger partial charge in [0, 0.05) is 49.7 Å². The highest BCUT2D eigenvalue weighted by atomic mass is 32.3. The summed E-state index contributed by atoms with van der Waals surface area (Å²) in [5.74, 6) is 0.666. The first-order chi connectivity index (χ1) is 13.5. The summed E-state index contributed by atoms with van der Waals surface area (Å²) in [7, 11) is -4.67. The Bertz CT molecular complexity index is 745. The molecule has 29 heavy (non-hydrogen) atoms. The van der Waals surface area contributed by atoms with Gasteiger partial charge in [-0.1, -0.05) is 12.1 Å². The lowest BCUT2D eigenvalue weighted by atomic mass is 10.2. The lowest BCUT2D eigenvalue weighted by Crippen LogP contribution is -2.21. The third-order valence-electron chi connectivity index (χ3n) is 3.92. The molecular formula is C20H32N2O6S. The smallest absolute Gasteiger partial charge is 0.394 e. The van der Waals surface area contributed by atoms with Gasteiger partial charge in [-0.2, -0.15) is 8.42 Å². The van der Waals surface area contributed by atoms with Gasteiger partial charge in [0.25, 0.3) is 0 Å². The zero-order valence-corrected chi connectivity index (χ0v) is 18.2. The van der Waals surface area contributed by atoms with Gasteiger partial charge in [-0.15, -0.1) is 0 Å². The molecule has 0 saturated heterocycles. The Morgan fingerprint density at radius 1 is 0.690 bits per heavy atom. The number of aromatic hydroxyl groups is 2. The highest BCUT2D eigenvalue weighted by molar-refractivity contribution is 7.79. The van der Waals surface area contributed by atoms with Gasteiger partial charge in [0.2, 0.25) is 0 Å². The number of phenolic OH excluding ortho intramolecular Hbond substituents is 2. The van der Waals surface area contributed by atoms with Crippen LogP contribution in [0.2, 0.25) is 0 Å². The minimum Gasteiger partial charge on any atom is -0.508 e. The highest BCUT2D eigenvalue weighted by Crippen LogP contribution is 2.20. The zero-order chi connectivity index (χ0) is 22.4. The van der Waals surface area contributed by atoms with Crippen molar-refractivity contribution >= 4 is 21.8 Å². The number of phenols is 2. The maximum Gasteiger partial charge on any atom is 0.394 e. The molecule has 0 unspecified atom stereocenters. The fourth-order valence-corrected chi connectivity index (χ4v) is 2.56. The normalized spacial score (nSPS) is 10.1. The summed E-state index contributed by atoms with van der Waals surface area (Å²) >= 11 is 0. The van der Waals surface area contributed by atoms with Gasteiger partial charge in [-0.25, -0.2) is 0 Å². The first-order valence-electron chi connectivity index (χ1n) is 9.33. The summed E-state index contributed by atoms with van der Waals surface area (Å²) in [6.07, 6.45) is 0. The molecule has 2 rings (SSSR count). The van der Waals surface area contributed by atoms with Crippen molar-refractivity contribution in [1.82, 2.24) is 0 Å². The average molecular weight is 429 g/mol. The minimum absolute atomic E-state index is 0.333. The predicted octanol–water partition coefficient (Wildman–Crippen LogP) is 3.82. The molecule has 8 nitrogen and oxygen atoms in total. The summed E-state index contributed by atoms with van der Waals surface area (Å²) in [4.78, 5) is 4.39. The predicted molar refractivity (Wildman–Crippen MR) is 118 cm³/mol. The molecule has 0 radical (unpaired) electrons. The van der Waals surface area contributed by atoms with E-state index in [1.54, 1.807) is 24.3 Å². The summed E-state index contributed by atoms with van der Waals surface area (Å²) < 4.78 is 31.6. The van der Waals surface area contributed by atoms with E-state index in [0.717, 1.165) is 37.6 Å². The number of hydrogen-bond donors (Lipinski definition) is 4. The SMILES string of the molecule is CCN(CC)c1cccc(O)c1.CCN(CC)c1cccc(O)c1.O=S(=O)(O)O. The Hall–Kier alpha value is -2.49. The lowest BCUT2D eigenvalue weighted by Gasteiger charge is -2.20. The van der Waals surface area contributed by atoms with Crippen molar-refractivity contribution in [3.05, 3.63) is 48.5 Å². The third-order valence-corrected chi connectivity index (χ3v) is 3.92. The number of benzene rings is 2. The molecule has 0 aliphatic rings. The molecule has 0 heterocycles. The van der Waals surface area contributed by atoms with E-state index < -0.39 is 10.4 Å². The zero-order valence-electron chi connectivity index (χ0n) is 17.4. The fourth-order valence-electron chi connectivity index (χ4n) is 2.56. The van der Waals surface area contributed by atoms with Gasteiger partial charge in [0.05, 0.1) is 0 Å². The molecule has 0 saturated carbocycles.